The van der Waals surface area contributed by atoms with Gasteiger partial charge in [-0.3, -0.25) is 9.59 Å². The van der Waals surface area contributed by atoms with Crippen LogP contribution in [0.5, 0.6) is 5.75 Å². The molecule has 2 amide bonds. The minimum atomic E-state index is -0.0993. The summed E-state index contributed by atoms with van der Waals surface area (Å²) in [7, 11) is 0. The van der Waals surface area contributed by atoms with Gasteiger partial charge in [-0.05, 0) is 12.1 Å². The number of nitrogens with zero attached hydrogens (tertiary/aromatic N) is 1. The number of hydrogen-bond donors (Lipinski definition) is 1. The van der Waals surface area contributed by atoms with E-state index in [1.807, 2.05) is 0 Å². The van der Waals surface area contributed by atoms with E-state index in [0.29, 0.717) is 30.1 Å². The molecule has 5 nitrogen and oxygen atoms in total. The van der Waals surface area contributed by atoms with Crippen molar-refractivity contribution in [2.24, 2.45) is 0 Å². The van der Waals surface area contributed by atoms with Crippen molar-refractivity contribution in [1.82, 2.24) is 0 Å². The topological polar surface area (TPSA) is 58.6 Å². The summed E-state index contributed by atoms with van der Waals surface area (Å²) < 4.78 is 5.39. The number of rotatable bonds is 4. The highest BCUT2D eigenvalue weighted by atomic mass is 16.5. The van der Waals surface area contributed by atoms with Gasteiger partial charge in [0.15, 0.2) is 6.61 Å². The summed E-state index contributed by atoms with van der Waals surface area (Å²) >= 11 is 0. The second-order valence-electron chi connectivity index (χ2n) is 4.17. The van der Waals surface area contributed by atoms with Gasteiger partial charge in [0.2, 0.25) is 5.91 Å². The largest absolute Gasteiger partial charge is 0.481 e. The summed E-state index contributed by atoms with van der Waals surface area (Å²) in [4.78, 5) is 24.7. The Morgan fingerprint density at radius 1 is 1.58 bits per heavy atom. The monoisotopic (exact) mass is 260 g/mol. The summed E-state index contributed by atoms with van der Waals surface area (Å²) in [6, 6.07) is 5.25. The highest BCUT2D eigenvalue weighted by Crippen LogP contribution is 2.34. The van der Waals surface area contributed by atoms with E-state index in [1.165, 1.54) is 0 Å². The number of ether oxygens (including phenoxy) is 1. The molecule has 0 fully saturated rings. The number of fused-ring (bicyclic) bond motifs is 1. The molecule has 0 unspecified atom stereocenters. The van der Waals surface area contributed by atoms with Gasteiger partial charge in [0.25, 0.3) is 5.91 Å². The molecule has 0 aromatic heterocycles. The lowest BCUT2D eigenvalue weighted by Crippen LogP contribution is -2.38. The molecule has 0 bridgehead atoms. The van der Waals surface area contributed by atoms with Gasteiger partial charge in [-0.2, -0.15) is 0 Å². The van der Waals surface area contributed by atoms with Gasteiger partial charge in [0, 0.05) is 24.7 Å². The maximum Gasteiger partial charge on any atom is 0.265 e. The first-order valence-corrected chi connectivity index (χ1v) is 6.13. The van der Waals surface area contributed by atoms with Crippen molar-refractivity contribution in [3.8, 4) is 5.75 Å². The van der Waals surface area contributed by atoms with Gasteiger partial charge in [0.1, 0.15) is 5.75 Å². The SMILES string of the molecule is C=CCN1C(=O)COc2cc(NC(=O)CC)ccc21. The summed E-state index contributed by atoms with van der Waals surface area (Å²) in [6.45, 7) is 5.87. The van der Waals surface area contributed by atoms with Crippen LogP contribution in [0, 0.1) is 0 Å². The molecule has 1 aliphatic rings. The third-order valence-corrected chi connectivity index (χ3v) is 2.82. The standard InChI is InChI=1S/C14H16N2O3/c1-3-7-16-11-6-5-10(15-13(17)4-2)8-12(11)19-9-14(16)18/h3,5-6,8H,1,4,7,9H2,2H3,(H,15,17). The number of hydrogen-bond acceptors (Lipinski definition) is 3. The third-order valence-electron chi connectivity index (χ3n) is 2.82. The molecule has 1 aromatic carbocycles. The zero-order valence-electron chi connectivity index (χ0n) is 10.8. The van der Waals surface area contributed by atoms with Crippen LogP contribution in [0.4, 0.5) is 11.4 Å². The van der Waals surface area contributed by atoms with Crippen molar-refractivity contribution >= 4 is 23.2 Å². The predicted octanol–water partition coefficient (Wildman–Crippen LogP) is 1.95. The molecule has 5 heteroatoms. The highest BCUT2D eigenvalue weighted by Gasteiger charge is 2.24. The smallest absolute Gasteiger partial charge is 0.265 e. The van der Waals surface area contributed by atoms with E-state index in [0.717, 1.165) is 0 Å². The lowest BCUT2D eigenvalue weighted by Gasteiger charge is -2.28. The molecule has 0 saturated heterocycles. The van der Waals surface area contributed by atoms with Crippen molar-refractivity contribution in [1.29, 1.82) is 0 Å². The average Bonchev–Trinajstić information content (AvgIpc) is 2.42. The van der Waals surface area contributed by atoms with E-state index in [2.05, 4.69) is 11.9 Å². The molecule has 0 saturated carbocycles. The fourth-order valence-corrected chi connectivity index (χ4v) is 1.86. The van der Waals surface area contributed by atoms with Crippen LogP contribution >= 0.6 is 0 Å². The van der Waals surface area contributed by atoms with Gasteiger partial charge < -0.3 is 15.0 Å². The van der Waals surface area contributed by atoms with E-state index >= 15 is 0 Å². The van der Waals surface area contributed by atoms with Gasteiger partial charge >= 0.3 is 0 Å². The molecule has 0 aliphatic carbocycles. The summed E-state index contributed by atoms with van der Waals surface area (Å²) in [5, 5.41) is 2.76. The molecular formula is C14H16N2O3. The minimum Gasteiger partial charge on any atom is -0.481 e. The van der Waals surface area contributed by atoms with Crippen LogP contribution in [-0.4, -0.2) is 25.0 Å². The number of benzene rings is 1. The molecule has 1 aromatic rings. The van der Waals surface area contributed by atoms with Crippen molar-refractivity contribution < 1.29 is 14.3 Å². The number of carbonyl (C=O) groups is 2. The first kappa shape index (κ1) is 13.1. The third kappa shape index (κ3) is 2.76. The lowest BCUT2D eigenvalue weighted by molar-refractivity contribution is -0.121. The molecular weight excluding hydrogens is 244 g/mol. The average molecular weight is 260 g/mol. The Morgan fingerprint density at radius 2 is 2.37 bits per heavy atom. The lowest BCUT2D eigenvalue weighted by atomic mass is 10.2. The van der Waals surface area contributed by atoms with Crippen LogP contribution in [-0.2, 0) is 9.59 Å². The molecule has 0 spiro atoms. The number of amides is 2. The van der Waals surface area contributed by atoms with Crippen LogP contribution < -0.4 is 15.0 Å². The molecule has 0 radical (unpaired) electrons. The van der Waals surface area contributed by atoms with E-state index in [1.54, 1.807) is 36.1 Å². The predicted molar refractivity (Wildman–Crippen MR) is 73.4 cm³/mol. The minimum absolute atomic E-state index is 0.00597. The Kier molecular flexibility index (Phi) is 3.85. The number of carbonyl (C=O) groups excluding carboxylic acids is 2. The number of nitrogens with one attached hydrogen (secondary N) is 1. The van der Waals surface area contributed by atoms with Crippen molar-refractivity contribution in [2.75, 3.05) is 23.4 Å². The van der Waals surface area contributed by atoms with Gasteiger partial charge in [0.05, 0.1) is 5.69 Å². The first-order valence-electron chi connectivity index (χ1n) is 6.13. The van der Waals surface area contributed by atoms with Crippen LogP contribution in [0.1, 0.15) is 13.3 Å². The molecule has 1 heterocycles. The Balaban J connectivity index is 2.28. The Labute approximate surface area is 111 Å². The van der Waals surface area contributed by atoms with Gasteiger partial charge in [-0.15, -0.1) is 6.58 Å². The van der Waals surface area contributed by atoms with E-state index in [9.17, 15) is 9.59 Å². The highest BCUT2D eigenvalue weighted by molar-refractivity contribution is 5.99. The Morgan fingerprint density at radius 3 is 3.05 bits per heavy atom. The zero-order chi connectivity index (χ0) is 13.8. The van der Waals surface area contributed by atoms with Crippen LogP contribution in [0.25, 0.3) is 0 Å². The van der Waals surface area contributed by atoms with E-state index in [4.69, 9.17) is 4.74 Å². The molecule has 0 atom stereocenters. The van der Waals surface area contributed by atoms with E-state index < -0.39 is 0 Å². The number of anilines is 2. The van der Waals surface area contributed by atoms with Gasteiger partial charge in [-0.1, -0.05) is 13.0 Å². The first-order chi connectivity index (χ1) is 9.15. The Hall–Kier alpha value is -2.30. The molecule has 2 rings (SSSR count). The maximum atomic E-state index is 11.7. The fourth-order valence-electron chi connectivity index (χ4n) is 1.86. The van der Waals surface area contributed by atoms with Crippen molar-refractivity contribution in [3.63, 3.8) is 0 Å². The molecule has 100 valence electrons. The zero-order valence-corrected chi connectivity index (χ0v) is 10.8. The summed E-state index contributed by atoms with van der Waals surface area (Å²) in [5.74, 6) is 0.433. The molecule has 1 aliphatic heterocycles. The van der Waals surface area contributed by atoms with Crippen LogP contribution in [0.15, 0.2) is 30.9 Å². The quantitative estimate of drug-likeness (QED) is 0.842. The van der Waals surface area contributed by atoms with Crippen molar-refractivity contribution in [3.05, 3.63) is 30.9 Å². The van der Waals surface area contributed by atoms with Crippen LogP contribution in [0.2, 0.25) is 0 Å². The van der Waals surface area contributed by atoms with Crippen molar-refractivity contribution in [2.45, 2.75) is 13.3 Å². The Bertz CT molecular complexity index is 525. The maximum absolute atomic E-state index is 11.7. The molecule has 1 N–H and O–H groups in total. The van der Waals surface area contributed by atoms with E-state index in [-0.39, 0.29) is 18.4 Å². The molecule has 19 heavy (non-hydrogen) atoms. The summed E-state index contributed by atoms with van der Waals surface area (Å²) in [5.41, 5.74) is 1.36. The van der Waals surface area contributed by atoms with Gasteiger partial charge in [-0.25, -0.2) is 0 Å². The normalized spacial score (nSPS) is 13.5. The second kappa shape index (κ2) is 5.56. The second-order valence-corrected chi connectivity index (χ2v) is 4.17. The summed E-state index contributed by atoms with van der Waals surface area (Å²) in [6.07, 6.45) is 2.08. The fraction of sp³-hybridized carbons (Fsp3) is 0.286. The van der Waals surface area contributed by atoms with Crippen LogP contribution in [0.3, 0.4) is 0 Å².